The Balaban J connectivity index is 2.14. The van der Waals surface area contributed by atoms with Gasteiger partial charge in [0.15, 0.2) is 5.78 Å². The van der Waals surface area contributed by atoms with Crippen molar-refractivity contribution < 1.29 is 33.7 Å². The number of nitrogens with one attached hydrogen (secondary N) is 1. The molecule has 2 N–H and O–H groups in total. The molecule has 0 aliphatic rings. The lowest BCUT2D eigenvalue weighted by Crippen LogP contribution is -2.23. The molecule has 0 unspecified atom stereocenters. The number of thiol groups is 1. The summed E-state index contributed by atoms with van der Waals surface area (Å²) >= 11 is 3.88. The van der Waals surface area contributed by atoms with E-state index in [4.69, 9.17) is 19.3 Å². The van der Waals surface area contributed by atoms with Gasteiger partial charge < -0.3 is 19.3 Å². The smallest absolute Gasteiger partial charge is 0.412 e. The van der Waals surface area contributed by atoms with Crippen molar-refractivity contribution in [2.45, 2.75) is 26.4 Å². The van der Waals surface area contributed by atoms with Crippen LogP contribution in [0.5, 0.6) is 5.75 Å². The fourth-order valence-corrected chi connectivity index (χ4v) is 3.16. The lowest BCUT2D eigenvalue weighted by molar-refractivity contribution is -0.141. The van der Waals surface area contributed by atoms with Crippen LogP contribution in [0.25, 0.3) is 0 Å². The highest BCUT2D eigenvalue weighted by Crippen LogP contribution is 2.31. The molecular weight excluding hydrogens is 446 g/mol. The fourth-order valence-electron chi connectivity index (χ4n) is 3.06. The molecule has 2 rings (SSSR count). The normalized spacial score (nSPS) is 12.4. The van der Waals surface area contributed by atoms with Crippen LogP contribution in [0.4, 0.5) is 10.5 Å². The van der Waals surface area contributed by atoms with Crippen LogP contribution in [-0.2, 0) is 14.3 Å². The first-order valence-corrected chi connectivity index (χ1v) is 11.2. The molecule has 0 bridgehead atoms. The first kappa shape index (κ1) is 26.2. The summed E-state index contributed by atoms with van der Waals surface area (Å²) in [6.07, 6.45) is -0.878. The zero-order valence-electron chi connectivity index (χ0n) is 18.7. The number of ether oxygens (including phenoxy) is 3. The lowest BCUT2D eigenvalue weighted by atomic mass is 9.94. The van der Waals surface area contributed by atoms with Gasteiger partial charge >= 0.3 is 12.1 Å². The van der Waals surface area contributed by atoms with Crippen LogP contribution in [-0.4, -0.2) is 48.5 Å². The standard InChI is InChI=1S/C24H29NO7S/c1-16(10-12-31-22(28)15-33)23(19-4-3-5-21(14-19)30-13-11-26)32-24(29)25-20-8-6-18(7-9-20)17(2)27/h3-9,14,16,23,26,33H,10-13,15H2,1-2H3,(H,25,29)/t16-,23-/m1/s1. The topological polar surface area (TPSA) is 111 Å². The van der Waals surface area contributed by atoms with E-state index in [0.29, 0.717) is 29.0 Å². The van der Waals surface area contributed by atoms with E-state index in [2.05, 4.69) is 17.9 Å². The number of ketones is 1. The summed E-state index contributed by atoms with van der Waals surface area (Å²) in [4.78, 5) is 35.4. The van der Waals surface area contributed by atoms with E-state index >= 15 is 0 Å². The number of aliphatic hydroxyl groups is 1. The molecule has 9 heteroatoms. The molecule has 0 aliphatic heterocycles. The van der Waals surface area contributed by atoms with Gasteiger partial charge in [-0.1, -0.05) is 19.1 Å². The molecule has 2 aromatic rings. The molecule has 33 heavy (non-hydrogen) atoms. The van der Waals surface area contributed by atoms with Gasteiger partial charge in [-0.15, -0.1) is 0 Å². The van der Waals surface area contributed by atoms with Gasteiger partial charge in [-0.2, -0.15) is 12.6 Å². The van der Waals surface area contributed by atoms with Gasteiger partial charge in [0.1, 0.15) is 18.5 Å². The van der Waals surface area contributed by atoms with Crippen LogP contribution in [0, 0.1) is 5.92 Å². The number of benzene rings is 2. The van der Waals surface area contributed by atoms with Crippen LogP contribution in [0.1, 0.15) is 42.3 Å². The Morgan fingerprint density at radius 1 is 1.09 bits per heavy atom. The van der Waals surface area contributed by atoms with Crippen molar-refractivity contribution in [3.8, 4) is 5.75 Å². The molecule has 2 atom stereocenters. The lowest BCUT2D eigenvalue weighted by Gasteiger charge is -2.25. The third kappa shape index (κ3) is 8.78. The largest absolute Gasteiger partial charge is 0.491 e. The van der Waals surface area contributed by atoms with Gasteiger partial charge in [-0.25, -0.2) is 4.79 Å². The van der Waals surface area contributed by atoms with Crippen LogP contribution in [0.2, 0.25) is 0 Å². The Morgan fingerprint density at radius 2 is 1.82 bits per heavy atom. The summed E-state index contributed by atoms with van der Waals surface area (Å²) in [5.74, 6) is -0.168. The Morgan fingerprint density at radius 3 is 2.45 bits per heavy atom. The summed E-state index contributed by atoms with van der Waals surface area (Å²) < 4.78 is 16.3. The van der Waals surface area contributed by atoms with Gasteiger partial charge in [-0.3, -0.25) is 14.9 Å². The predicted octanol–water partition coefficient (Wildman–Crippen LogP) is 4.05. The Labute approximate surface area is 198 Å². The first-order valence-electron chi connectivity index (χ1n) is 10.5. The maximum absolute atomic E-state index is 12.6. The minimum absolute atomic E-state index is 0.0105. The highest BCUT2D eigenvalue weighted by atomic mass is 32.1. The number of anilines is 1. The van der Waals surface area contributed by atoms with E-state index in [1.807, 2.05) is 13.0 Å². The second-order valence-corrected chi connectivity index (χ2v) is 7.69. The first-order chi connectivity index (χ1) is 15.8. The molecule has 0 spiro atoms. The van der Waals surface area contributed by atoms with E-state index in [1.165, 1.54) is 6.92 Å². The van der Waals surface area contributed by atoms with Gasteiger partial charge in [0.25, 0.3) is 0 Å². The second kappa shape index (κ2) is 13.5. The molecule has 0 heterocycles. The van der Waals surface area contributed by atoms with Crippen molar-refractivity contribution in [3.63, 3.8) is 0 Å². The summed E-state index contributed by atoms with van der Waals surface area (Å²) in [5.41, 5.74) is 1.72. The quantitative estimate of drug-likeness (QED) is 0.241. The molecule has 0 aromatic heterocycles. The monoisotopic (exact) mass is 475 g/mol. The van der Waals surface area contributed by atoms with Gasteiger partial charge in [0.05, 0.1) is 19.0 Å². The number of carbonyl (C=O) groups is 3. The molecule has 0 saturated heterocycles. The number of hydrogen-bond acceptors (Lipinski definition) is 8. The minimum atomic E-state index is -0.670. The second-order valence-electron chi connectivity index (χ2n) is 7.37. The number of rotatable bonds is 12. The van der Waals surface area contributed by atoms with Crippen molar-refractivity contribution in [1.82, 2.24) is 0 Å². The SMILES string of the molecule is CC(=O)c1ccc(NC(=O)O[C@@H](c2cccc(OCCO)c2)[C@H](C)CCOC(=O)CS)cc1. The zero-order valence-corrected chi connectivity index (χ0v) is 19.5. The number of carbonyl (C=O) groups excluding carboxylic acids is 3. The minimum Gasteiger partial charge on any atom is -0.491 e. The number of Topliss-reactive ketones (excluding diaryl/α,β-unsaturated/α-hetero) is 1. The van der Waals surface area contributed by atoms with E-state index in [-0.39, 0.29) is 37.3 Å². The van der Waals surface area contributed by atoms with Crippen molar-refractivity contribution in [2.75, 3.05) is 30.9 Å². The fraction of sp³-hybridized carbons (Fsp3) is 0.375. The van der Waals surface area contributed by atoms with E-state index in [9.17, 15) is 14.4 Å². The predicted molar refractivity (Wildman–Crippen MR) is 127 cm³/mol. The molecule has 178 valence electrons. The molecule has 0 fully saturated rings. The maximum atomic E-state index is 12.6. The average Bonchev–Trinajstić information content (AvgIpc) is 2.81. The van der Waals surface area contributed by atoms with Crippen LogP contribution in [0.3, 0.4) is 0 Å². The molecule has 2 aromatic carbocycles. The molecule has 1 amide bonds. The molecule has 0 saturated carbocycles. The van der Waals surface area contributed by atoms with E-state index in [0.717, 1.165) is 0 Å². The highest BCUT2D eigenvalue weighted by Gasteiger charge is 2.25. The third-order valence-electron chi connectivity index (χ3n) is 4.80. The number of esters is 1. The van der Waals surface area contributed by atoms with Crippen molar-refractivity contribution >= 4 is 36.2 Å². The number of amides is 1. The van der Waals surface area contributed by atoms with Crippen molar-refractivity contribution in [2.24, 2.45) is 5.92 Å². The number of hydrogen-bond donors (Lipinski definition) is 3. The van der Waals surface area contributed by atoms with Gasteiger partial charge in [0, 0.05) is 17.2 Å². The van der Waals surface area contributed by atoms with E-state index < -0.39 is 18.2 Å². The summed E-state index contributed by atoms with van der Waals surface area (Å²) in [6, 6.07) is 13.5. The Kier molecular flexibility index (Phi) is 10.7. The highest BCUT2D eigenvalue weighted by molar-refractivity contribution is 7.81. The van der Waals surface area contributed by atoms with E-state index in [1.54, 1.807) is 42.5 Å². The summed E-state index contributed by atoms with van der Waals surface area (Å²) in [6.45, 7) is 3.53. The van der Waals surface area contributed by atoms with Crippen LogP contribution in [0.15, 0.2) is 48.5 Å². The molecule has 0 radical (unpaired) electrons. The van der Waals surface area contributed by atoms with Crippen LogP contribution < -0.4 is 10.1 Å². The number of aliphatic hydroxyl groups excluding tert-OH is 1. The summed E-state index contributed by atoms with van der Waals surface area (Å²) in [5, 5.41) is 11.7. The van der Waals surface area contributed by atoms with Crippen molar-refractivity contribution in [3.05, 3.63) is 59.7 Å². The Bertz CT molecular complexity index is 933. The summed E-state index contributed by atoms with van der Waals surface area (Å²) in [7, 11) is 0. The van der Waals surface area contributed by atoms with Gasteiger partial charge in [0.2, 0.25) is 0 Å². The van der Waals surface area contributed by atoms with Crippen LogP contribution >= 0.6 is 12.6 Å². The third-order valence-corrected chi connectivity index (χ3v) is 5.06. The zero-order chi connectivity index (χ0) is 24.2. The Hall–Kier alpha value is -3.04. The maximum Gasteiger partial charge on any atom is 0.412 e. The van der Waals surface area contributed by atoms with Crippen molar-refractivity contribution in [1.29, 1.82) is 0 Å². The average molecular weight is 476 g/mol. The molecule has 8 nitrogen and oxygen atoms in total. The molecule has 0 aliphatic carbocycles. The molecular formula is C24H29NO7S. The van der Waals surface area contributed by atoms with Gasteiger partial charge in [-0.05, 0) is 55.3 Å².